The highest BCUT2D eigenvalue weighted by Crippen LogP contribution is 2.24. The number of rotatable bonds is 3. The number of aliphatic hydroxyl groups excluding tert-OH is 1. The fraction of sp³-hybridized carbons (Fsp3) is 0.700. The molecule has 2 rings (SSSR count). The lowest BCUT2D eigenvalue weighted by molar-refractivity contribution is 0.0683. The summed E-state index contributed by atoms with van der Waals surface area (Å²) in [6.07, 6.45) is 5.50. The van der Waals surface area contributed by atoms with Gasteiger partial charge < -0.3 is 20.1 Å². The maximum atomic E-state index is 9.04. The lowest BCUT2D eigenvalue weighted by Crippen LogP contribution is -2.24. The van der Waals surface area contributed by atoms with Crippen molar-refractivity contribution in [3.05, 3.63) is 18.2 Å². The van der Waals surface area contributed by atoms with E-state index in [1.165, 1.54) is 0 Å². The van der Waals surface area contributed by atoms with Crippen LogP contribution in [0.25, 0.3) is 0 Å². The predicted molar refractivity (Wildman–Crippen MR) is 55.3 cm³/mol. The molecule has 0 bridgehead atoms. The third kappa shape index (κ3) is 2.19. The second-order valence-electron chi connectivity index (χ2n) is 3.86. The van der Waals surface area contributed by atoms with Crippen molar-refractivity contribution < 1.29 is 9.84 Å². The van der Waals surface area contributed by atoms with Crippen molar-refractivity contribution in [1.29, 1.82) is 0 Å². The first-order chi connectivity index (χ1) is 7.33. The Morgan fingerprint density at radius 2 is 2.33 bits per heavy atom. The number of hydrogen-bond acceptors (Lipinski definition) is 4. The van der Waals surface area contributed by atoms with Gasteiger partial charge in [0.05, 0.1) is 24.7 Å². The van der Waals surface area contributed by atoms with Crippen LogP contribution in [-0.2, 0) is 4.74 Å². The summed E-state index contributed by atoms with van der Waals surface area (Å²) in [6.45, 7) is 1.53. The fourth-order valence-corrected chi connectivity index (χ4v) is 1.96. The molecule has 0 spiro atoms. The Morgan fingerprint density at radius 1 is 1.60 bits per heavy atom. The van der Waals surface area contributed by atoms with Crippen LogP contribution >= 0.6 is 0 Å². The molecule has 5 nitrogen and oxygen atoms in total. The second-order valence-corrected chi connectivity index (χ2v) is 3.86. The largest absolute Gasteiger partial charge is 0.394 e. The molecule has 3 N–H and O–H groups in total. The molecule has 0 saturated carbocycles. The number of aliphatic hydroxyl groups is 1. The maximum absolute atomic E-state index is 9.04. The van der Waals surface area contributed by atoms with E-state index in [9.17, 15) is 0 Å². The number of hydrogen-bond donors (Lipinski definition) is 2. The molecule has 0 aromatic carbocycles. The summed E-state index contributed by atoms with van der Waals surface area (Å²) in [6, 6.07) is 0.0733. The fourth-order valence-electron chi connectivity index (χ4n) is 1.96. The first-order valence-electron chi connectivity index (χ1n) is 5.29. The SMILES string of the molecule is NC(CO)c1cncn1C1CCOCC1. The molecule has 1 aromatic rings. The quantitative estimate of drug-likeness (QED) is 0.750. The van der Waals surface area contributed by atoms with Gasteiger partial charge >= 0.3 is 0 Å². The van der Waals surface area contributed by atoms with E-state index >= 15 is 0 Å². The summed E-state index contributed by atoms with van der Waals surface area (Å²) in [4.78, 5) is 4.10. The number of ether oxygens (including phenoxy) is 1. The molecule has 84 valence electrons. The van der Waals surface area contributed by atoms with Crippen molar-refractivity contribution >= 4 is 0 Å². The lowest BCUT2D eigenvalue weighted by atomic mass is 10.1. The van der Waals surface area contributed by atoms with E-state index in [1.807, 2.05) is 0 Å². The van der Waals surface area contributed by atoms with Crippen LogP contribution in [0.3, 0.4) is 0 Å². The summed E-state index contributed by atoms with van der Waals surface area (Å²) in [5.74, 6) is 0. The standard InChI is InChI=1S/C10H17N3O2/c11-9(6-14)10-5-12-7-13(10)8-1-3-15-4-2-8/h5,7-9,14H,1-4,6,11H2. The zero-order valence-corrected chi connectivity index (χ0v) is 8.67. The van der Waals surface area contributed by atoms with E-state index in [0.717, 1.165) is 31.7 Å². The Morgan fingerprint density at radius 3 is 3.00 bits per heavy atom. The van der Waals surface area contributed by atoms with Crippen LogP contribution in [0.2, 0.25) is 0 Å². The van der Waals surface area contributed by atoms with E-state index in [2.05, 4.69) is 9.55 Å². The molecule has 1 fully saturated rings. The van der Waals surface area contributed by atoms with Gasteiger partial charge in [-0.2, -0.15) is 0 Å². The molecule has 2 heterocycles. The van der Waals surface area contributed by atoms with Crippen molar-refractivity contribution in [2.24, 2.45) is 5.73 Å². The van der Waals surface area contributed by atoms with E-state index in [-0.39, 0.29) is 12.6 Å². The van der Waals surface area contributed by atoms with Crippen LogP contribution in [0.5, 0.6) is 0 Å². The van der Waals surface area contributed by atoms with Gasteiger partial charge in [0.2, 0.25) is 0 Å². The van der Waals surface area contributed by atoms with E-state index in [1.54, 1.807) is 12.5 Å². The van der Waals surface area contributed by atoms with Crippen LogP contribution in [0.15, 0.2) is 12.5 Å². The van der Waals surface area contributed by atoms with Gasteiger partial charge in [0.25, 0.3) is 0 Å². The molecular weight excluding hydrogens is 194 g/mol. The molecule has 0 radical (unpaired) electrons. The lowest BCUT2D eigenvalue weighted by Gasteiger charge is -2.26. The van der Waals surface area contributed by atoms with Gasteiger partial charge in [0.15, 0.2) is 0 Å². The van der Waals surface area contributed by atoms with Gasteiger partial charge in [-0.05, 0) is 12.8 Å². The highest BCUT2D eigenvalue weighted by Gasteiger charge is 2.20. The van der Waals surface area contributed by atoms with Crippen LogP contribution < -0.4 is 5.73 Å². The third-order valence-electron chi connectivity index (χ3n) is 2.86. The molecule has 1 aliphatic rings. The summed E-state index contributed by atoms with van der Waals surface area (Å²) in [5.41, 5.74) is 6.71. The molecule has 5 heteroatoms. The number of nitrogens with two attached hydrogens (primary N) is 1. The Balaban J connectivity index is 2.15. The minimum atomic E-state index is -0.338. The maximum Gasteiger partial charge on any atom is 0.0951 e. The monoisotopic (exact) mass is 211 g/mol. The second kappa shape index (κ2) is 4.74. The minimum absolute atomic E-state index is 0.0467. The molecule has 1 unspecified atom stereocenters. The normalized spacial score (nSPS) is 20.4. The number of nitrogens with zero attached hydrogens (tertiary/aromatic N) is 2. The van der Waals surface area contributed by atoms with Crippen molar-refractivity contribution in [2.75, 3.05) is 19.8 Å². The number of aromatic nitrogens is 2. The first kappa shape index (κ1) is 10.6. The van der Waals surface area contributed by atoms with Gasteiger partial charge in [0.1, 0.15) is 0 Å². The predicted octanol–water partition coefficient (Wildman–Crippen LogP) is 0.227. The van der Waals surface area contributed by atoms with Crippen molar-refractivity contribution in [2.45, 2.75) is 24.9 Å². The Labute approximate surface area is 88.9 Å². The Kier molecular flexibility index (Phi) is 3.35. The van der Waals surface area contributed by atoms with Crippen LogP contribution in [0.4, 0.5) is 0 Å². The van der Waals surface area contributed by atoms with Gasteiger partial charge in [-0.25, -0.2) is 4.98 Å². The highest BCUT2D eigenvalue weighted by atomic mass is 16.5. The van der Waals surface area contributed by atoms with E-state index < -0.39 is 0 Å². The molecule has 1 aromatic heterocycles. The molecule has 1 aliphatic heterocycles. The molecule has 0 amide bonds. The zero-order valence-electron chi connectivity index (χ0n) is 8.67. The Bertz CT molecular complexity index is 307. The molecular formula is C10H17N3O2. The van der Waals surface area contributed by atoms with Gasteiger partial charge in [-0.15, -0.1) is 0 Å². The van der Waals surface area contributed by atoms with Crippen LogP contribution in [0.1, 0.15) is 30.6 Å². The van der Waals surface area contributed by atoms with Gasteiger partial charge in [-0.3, -0.25) is 0 Å². The minimum Gasteiger partial charge on any atom is -0.394 e. The smallest absolute Gasteiger partial charge is 0.0951 e. The van der Waals surface area contributed by atoms with E-state index in [4.69, 9.17) is 15.6 Å². The summed E-state index contributed by atoms with van der Waals surface area (Å²) in [5, 5.41) is 9.04. The molecule has 0 aliphatic carbocycles. The van der Waals surface area contributed by atoms with Gasteiger partial charge in [-0.1, -0.05) is 0 Å². The topological polar surface area (TPSA) is 73.3 Å². The summed E-state index contributed by atoms with van der Waals surface area (Å²) in [7, 11) is 0. The first-order valence-corrected chi connectivity index (χ1v) is 5.29. The van der Waals surface area contributed by atoms with Crippen LogP contribution in [-0.4, -0.2) is 34.5 Å². The van der Waals surface area contributed by atoms with Crippen molar-refractivity contribution in [3.63, 3.8) is 0 Å². The molecule has 15 heavy (non-hydrogen) atoms. The average molecular weight is 211 g/mol. The molecule has 1 atom stereocenters. The van der Waals surface area contributed by atoms with Crippen molar-refractivity contribution in [3.8, 4) is 0 Å². The highest BCUT2D eigenvalue weighted by molar-refractivity contribution is 5.06. The van der Waals surface area contributed by atoms with Crippen LogP contribution in [0, 0.1) is 0 Å². The third-order valence-corrected chi connectivity index (χ3v) is 2.86. The average Bonchev–Trinajstić information content (AvgIpc) is 2.78. The van der Waals surface area contributed by atoms with Gasteiger partial charge in [0, 0.05) is 25.5 Å². The van der Waals surface area contributed by atoms with E-state index in [0.29, 0.717) is 6.04 Å². The van der Waals surface area contributed by atoms with Crippen molar-refractivity contribution in [1.82, 2.24) is 9.55 Å². The molecule has 1 saturated heterocycles. The summed E-state index contributed by atoms with van der Waals surface area (Å²) < 4.78 is 7.38. The zero-order chi connectivity index (χ0) is 10.7. The number of imidazole rings is 1. The Hall–Kier alpha value is -0.910. The summed E-state index contributed by atoms with van der Waals surface area (Å²) >= 11 is 0.